The van der Waals surface area contributed by atoms with Gasteiger partial charge in [0.05, 0.1) is 6.61 Å². The number of unbranched alkanes of at least 4 members (excludes halogenated alkanes) is 3. The zero-order valence-corrected chi connectivity index (χ0v) is 6.45. The van der Waals surface area contributed by atoms with Gasteiger partial charge in [0, 0.05) is 6.61 Å². The SMILES string of the molecule is O=C(O)OCCCCCCO.[NaH].[NaH]. The number of hydrogen-bond acceptors (Lipinski definition) is 3. The topological polar surface area (TPSA) is 66.8 Å². The number of aliphatic hydroxyl groups excluding tert-OH is 1. The predicted molar refractivity (Wildman–Crippen MR) is 53.8 cm³/mol. The van der Waals surface area contributed by atoms with Gasteiger partial charge in [-0.05, 0) is 19.3 Å². The molecule has 0 aromatic heterocycles. The van der Waals surface area contributed by atoms with E-state index in [1.54, 1.807) is 0 Å². The molecule has 0 heterocycles. The molecule has 0 amide bonds. The predicted octanol–water partition coefficient (Wildman–Crippen LogP) is -0.0633. The average Bonchev–Trinajstić information content (AvgIpc) is 1.96. The Morgan fingerprint density at radius 2 is 1.62 bits per heavy atom. The van der Waals surface area contributed by atoms with Crippen molar-refractivity contribution in [2.45, 2.75) is 25.7 Å². The summed E-state index contributed by atoms with van der Waals surface area (Å²) in [4.78, 5) is 9.83. The van der Waals surface area contributed by atoms with Crippen LogP contribution in [0, 0.1) is 0 Å². The fraction of sp³-hybridized carbons (Fsp3) is 0.857. The van der Waals surface area contributed by atoms with Crippen LogP contribution in [0.2, 0.25) is 0 Å². The molecule has 0 atom stereocenters. The van der Waals surface area contributed by atoms with Crippen LogP contribution in [0.15, 0.2) is 0 Å². The molecule has 0 radical (unpaired) electrons. The van der Waals surface area contributed by atoms with E-state index in [9.17, 15) is 4.79 Å². The van der Waals surface area contributed by atoms with Gasteiger partial charge in [0.15, 0.2) is 0 Å². The Morgan fingerprint density at radius 1 is 1.08 bits per heavy atom. The summed E-state index contributed by atoms with van der Waals surface area (Å²) in [6, 6.07) is 0. The van der Waals surface area contributed by atoms with E-state index in [-0.39, 0.29) is 72.3 Å². The Labute approximate surface area is 123 Å². The van der Waals surface area contributed by atoms with Crippen LogP contribution < -0.4 is 0 Å². The van der Waals surface area contributed by atoms with Gasteiger partial charge in [0.25, 0.3) is 0 Å². The van der Waals surface area contributed by atoms with Crippen molar-refractivity contribution >= 4 is 65.3 Å². The van der Waals surface area contributed by atoms with E-state index in [1.165, 1.54) is 0 Å². The van der Waals surface area contributed by atoms with Crippen LogP contribution >= 0.6 is 0 Å². The summed E-state index contributed by atoms with van der Waals surface area (Å²) in [5, 5.41) is 16.4. The Hall–Kier alpha value is 1.23. The quantitative estimate of drug-likeness (QED) is 0.366. The standard InChI is InChI=1S/C7H14O4.2Na.2H/c8-5-3-1-2-4-6-11-7(9)10;;;;/h8H,1-6H2,(H,9,10);;;;. The van der Waals surface area contributed by atoms with Gasteiger partial charge in [-0.2, -0.15) is 0 Å². The first kappa shape index (κ1) is 19.7. The number of aliphatic hydroxyl groups is 1. The average molecular weight is 210 g/mol. The van der Waals surface area contributed by atoms with Gasteiger partial charge in [-0.3, -0.25) is 0 Å². The van der Waals surface area contributed by atoms with Crippen LogP contribution in [0.1, 0.15) is 25.7 Å². The van der Waals surface area contributed by atoms with Crippen molar-refractivity contribution in [3.05, 3.63) is 0 Å². The van der Waals surface area contributed by atoms with Crippen LogP contribution in [0.3, 0.4) is 0 Å². The van der Waals surface area contributed by atoms with E-state index in [2.05, 4.69) is 4.74 Å². The third-order valence-electron chi connectivity index (χ3n) is 1.28. The molecule has 0 aliphatic heterocycles. The molecule has 2 N–H and O–H groups in total. The molecule has 0 aromatic rings. The van der Waals surface area contributed by atoms with Crippen molar-refractivity contribution in [3.63, 3.8) is 0 Å². The van der Waals surface area contributed by atoms with Gasteiger partial charge >= 0.3 is 65.3 Å². The van der Waals surface area contributed by atoms with E-state index in [1.807, 2.05) is 0 Å². The van der Waals surface area contributed by atoms with Gasteiger partial charge in [-0.15, -0.1) is 0 Å². The Morgan fingerprint density at radius 3 is 2.08 bits per heavy atom. The summed E-state index contributed by atoms with van der Waals surface area (Å²) < 4.78 is 4.28. The van der Waals surface area contributed by atoms with Crippen molar-refractivity contribution in [1.29, 1.82) is 0 Å². The van der Waals surface area contributed by atoms with Gasteiger partial charge in [0.2, 0.25) is 0 Å². The maximum absolute atomic E-state index is 9.83. The van der Waals surface area contributed by atoms with E-state index < -0.39 is 6.16 Å². The molecular weight excluding hydrogens is 194 g/mol. The second-order valence-electron chi connectivity index (χ2n) is 2.25. The first-order valence-corrected chi connectivity index (χ1v) is 3.74. The number of hydrogen-bond donors (Lipinski definition) is 2. The van der Waals surface area contributed by atoms with E-state index >= 15 is 0 Å². The first-order chi connectivity index (χ1) is 5.27. The molecule has 0 fully saturated rings. The number of carboxylic acid groups (broad SMARTS) is 1. The molecule has 0 bridgehead atoms. The molecule has 4 nitrogen and oxygen atoms in total. The summed E-state index contributed by atoms with van der Waals surface area (Å²) in [7, 11) is 0. The van der Waals surface area contributed by atoms with Crippen LogP contribution in [0.25, 0.3) is 0 Å². The zero-order valence-electron chi connectivity index (χ0n) is 6.45. The molecule has 6 heteroatoms. The molecule has 0 aliphatic carbocycles. The van der Waals surface area contributed by atoms with Crippen LogP contribution in [0.4, 0.5) is 4.79 Å². The van der Waals surface area contributed by atoms with Crippen molar-refractivity contribution < 1.29 is 19.7 Å². The van der Waals surface area contributed by atoms with Crippen molar-refractivity contribution in [1.82, 2.24) is 0 Å². The minimum absolute atomic E-state index is 0. The van der Waals surface area contributed by atoms with Crippen LogP contribution in [-0.4, -0.2) is 88.7 Å². The molecular formula is C7H16Na2O4. The van der Waals surface area contributed by atoms with Gasteiger partial charge in [0.1, 0.15) is 0 Å². The molecule has 0 saturated heterocycles. The Bertz CT molecular complexity index is 111. The van der Waals surface area contributed by atoms with Crippen molar-refractivity contribution in [2.24, 2.45) is 0 Å². The zero-order chi connectivity index (χ0) is 8.53. The van der Waals surface area contributed by atoms with Gasteiger partial charge < -0.3 is 14.9 Å². The molecule has 70 valence electrons. The molecule has 13 heavy (non-hydrogen) atoms. The normalized spacial score (nSPS) is 8.08. The van der Waals surface area contributed by atoms with Crippen LogP contribution in [-0.2, 0) is 4.74 Å². The molecule has 0 saturated carbocycles. The number of rotatable bonds is 6. The van der Waals surface area contributed by atoms with Gasteiger partial charge in [-0.25, -0.2) is 4.79 Å². The fourth-order valence-electron chi connectivity index (χ4n) is 0.727. The van der Waals surface area contributed by atoms with Crippen molar-refractivity contribution in [3.8, 4) is 0 Å². The molecule has 0 aromatic carbocycles. The summed E-state index contributed by atoms with van der Waals surface area (Å²) in [5.74, 6) is 0. The molecule has 0 unspecified atom stereocenters. The summed E-state index contributed by atoms with van der Waals surface area (Å²) in [5.41, 5.74) is 0. The second kappa shape index (κ2) is 15.7. The summed E-state index contributed by atoms with van der Waals surface area (Å²) in [6.45, 7) is 0.473. The summed E-state index contributed by atoms with van der Waals surface area (Å²) >= 11 is 0. The third kappa shape index (κ3) is 19.6. The second-order valence-corrected chi connectivity index (χ2v) is 2.25. The van der Waals surface area contributed by atoms with Crippen LogP contribution in [0.5, 0.6) is 0 Å². The first-order valence-electron chi connectivity index (χ1n) is 3.74. The minimum atomic E-state index is -1.22. The Kier molecular flexibility index (Phi) is 23.8. The van der Waals surface area contributed by atoms with E-state index in [0.29, 0.717) is 0 Å². The van der Waals surface area contributed by atoms with E-state index in [0.717, 1.165) is 25.7 Å². The van der Waals surface area contributed by atoms with Crippen molar-refractivity contribution in [2.75, 3.05) is 13.2 Å². The Balaban J connectivity index is -0.000000500. The monoisotopic (exact) mass is 210 g/mol. The fourth-order valence-corrected chi connectivity index (χ4v) is 0.727. The van der Waals surface area contributed by atoms with E-state index in [4.69, 9.17) is 10.2 Å². The molecule has 0 aliphatic rings. The maximum atomic E-state index is 9.83. The molecule has 0 spiro atoms. The van der Waals surface area contributed by atoms with Gasteiger partial charge in [-0.1, -0.05) is 6.42 Å². The molecule has 0 rings (SSSR count). The number of carbonyl (C=O) groups is 1. The third-order valence-corrected chi connectivity index (χ3v) is 1.28. The summed E-state index contributed by atoms with van der Waals surface area (Å²) in [6.07, 6.45) is 2.15. The number of ether oxygens (including phenoxy) is 1.